The van der Waals surface area contributed by atoms with E-state index < -0.39 is 6.10 Å². The molecule has 1 saturated heterocycles. The van der Waals surface area contributed by atoms with Crippen LogP contribution >= 0.6 is 0 Å². The standard InChI is InChI=1S/C23H29N3O2/c1-17(27)24-14-18-10-12-25(13-11-18)15-19(28)16-26-22-8-4-2-6-20(22)21-7-3-5-9-23(21)26/h2-9,18-19,28H,10-16H2,1H3,(H,24,27). The first kappa shape index (κ1) is 19.0. The molecule has 2 aromatic carbocycles. The first-order valence-corrected chi connectivity index (χ1v) is 10.2. The molecule has 0 saturated carbocycles. The van der Waals surface area contributed by atoms with E-state index in [9.17, 15) is 9.90 Å². The summed E-state index contributed by atoms with van der Waals surface area (Å²) in [5, 5.41) is 16.2. The van der Waals surface area contributed by atoms with Crippen LogP contribution in [0, 0.1) is 5.92 Å². The van der Waals surface area contributed by atoms with Crippen LogP contribution < -0.4 is 5.32 Å². The highest BCUT2D eigenvalue weighted by Crippen LogP contribution is 2.29. The Hall–Kier alpha value is -2.37. The highest BCUT2D eigenvalue weighted by atomic mass is 16.3. The lowest BCUT2D eigenvalue weighted by atomic mass is 9.96. The van der Waals surface area contributed by atoms with Gasteiger partial charge >= 0.3 is 0 Å². The van der Waals surface area contributed by atoms with E-state index in [4.69, 9.17) is 0 Å². The smallest absolute Gasteiger partial charge is 0.216 e. The highest BCUT2D eigenvalue weighted by Gasteiger charge is 2.22. The van der Waals surface area contributed by atoms with Crippen LogP contribution in [0.25, 0.3) is 21.8 Å². The average molecular weight is 380 g/mol. The molecular formula is C23H29N3O2. The summed E-state index contributed by atoms with van der Waals surface area (Å²) >= 11 is 0. The second kappa shape index (κ2) is 8.33. The number of carbonyl (C=O) groups excluding carboxylic acids is 1. The third kappa shape index (κ3) is 4.05. The quantitative estimate of drug-likeness (QED) is 0.692. The maximum absolute atomic E-state index is 11.1. The molecule has 0 aliphatic carbocycles. The topological polar surface area (TPSA) is 57.5 Å². The number of fused-ring (bicyclic) bond motifs is 3. The second-order valence-electron chi connectivity index (χ2n) is 7.98. The van der Waals surface area contributed by atoms with Gasteiger partial charge in [-0.05, 0) is 44.0 Å². The van der Waals surface area contributed by atoms with Gasteiger partial charge < -0.3 is 19.9 Å². The Morgan fingerprint density at radius 1 is 1.04 bits per heavy atom. The van der Waals surface area contributed by atoms with E-state index in [1.54, 1.807) is 6.92 Å². The summed E-state index contributed by atoms with van der Waals surface area (Å²) < 4.78 is 2.25. The van der Waals surface area contributed by atoms with E-state index in [0.717, 1.165) is 32.5 Å². The summed E-state index contributed by atoms with van der Waals surface area (Å²) in [6.07, 6.45) is 1.73. The fourth-order valence-corrected chi connectivity index (χ4v) is 4.43. The van der Waals surface area contributed by atoms with Crippen molar-refractivity contribution in [1.29, 1.82) is 0 Å². The number of para-hydroxylation sites is 2. The zero-order chi connectivity index (χ0) is 19.5. The van der Waals surface area contributed by atoms with Gasteiger partial charge in [0.15, 0.2) is 0 Å². The van der Waals surface area contributed by atoms with Crippen LogP contribution in [0.1, 0.15) is 19.8 Å². The van der Waals surface area contributed by atoms with Crippen LogP contribution in [-0.2, 0) is 11.3 Å². The molecule has 1 unspecified atom stereocenters. The summed E-state index contributed by atoms with van der Waals surface area (Å²) in [4.78, 5) is 13.4. The van der Waals surface area contributed by atoms with Crippen molar-refractivity contribution >= 4 is 27.7 Å². The first-order valence-electron chi connectivity index (χ1n) is 10.2. The van der Waals surface area contributed by atoms with Crippen LogP contribution in [0.2, 0.25) is 0 Å². The van der Waals surface area contributed by atoms with E-state index in [1.807, 2.05) is 0 Å². The van der Waals surface area contributed by atoms with Gasteiger partial charge in [-0.1, -0.05) is 36.4 Å². The Bertz CT molecular complexity index is 904. The van der Waals surface area contributed by atoms with Gasteiger partial charge in [0.1, 0.15) is 0 Å². The fourth-order valence-electron chi connectivity index (χ4n) is 4.43. The van der Waals surface area contributed by atoms with E-state index in [-0.39, 0.29) is 5.91 Å². The van der Waals surface area contributed by atoms with Gasteiger partial charge in [-0.15, -0.1) is 0 Å². The number of aliphatic hydroxyl groups is 1. The van der Waals surface area contributed by atoms with E-state index >= 15 is 0 Å². The van der Waals surface area contributed by atoms with E-state index in [1.165, 1.54) is 21.8 Å². The summed E-state index contributed by atoms with van der Waals surface area (Å²) in [5.41, 5.74) is 2.36. The molecule has 4 rings (SSSR count). The number of β-amino-alcohol motifs (C(OH)–C–C–N with tert-alkyl or cyclic N) is 1. The molecule has 2 heterocycles. The maximum atomic E-state index is 11.1. The number of aromatic nitrogens is 1. The normalized spacial score (nSPS) is 17.2. The molecule has 1 aromatic heterocycles. The van der Waals surface area contributed by atoms with Crippen molar-refractivity contribution in [3.63, 3.8) is 0 Å². The minimum Gasteiger partial charge on any atom is -0.390 e. The minimum atomic E-state index is -0.411. The van der Waals surface area contributed by atoms with Crippen LogP contribution in [0.3, 0.4) is 0 Å². The van der Waals surface area contributed by atoms with Crippen molar-refractivity contribution in [2.24, 2.45) is 5.92 Å². The minimum absolute atomic E-state index is 0.0454. The Balaban J connectivity index is 1.41. The summed E-state index contributed by atoms with van der Waals surface area (Å²) in [6, 6.07) is 16.8. The number of hydrogen-bond acceptors (Lipinski definition) is 3. The number of hydrogen-bond donors (Lipinski definition) is 2. The zero-order valence-electron chi connectivity index (χ0n) is 16.5. The van der Waals surface area contributed by atoms with Crippen molar-refractivity contribution in [2.45, 2.75) is 32.4 Å². The number of rotatable bonds is 6. The molecule has 1 aliphatic rings. The van der Waals surface area contributed by atoms with Crippen molar-refractivity contribution in [2.75, 3.05) is 26.2 Å². The lowest BCUT2D eigenvalue weighted by molar-refractivity contribution is -0.119. The average Bonchev–Trinajstić information content (AvgIpc) is 3.02. The molecule has 5 heteroatoms. The van der Waals surface area contributed by atoms with Crippen LogP contribution in [0.4, 0.5) is 0 Å². The number of piperidine rings is 1. The molecule has 1 amide bonds. The van der Waals surface area contributed by atoms with Crippen molar-refractivity contribution < 1.29 is 9.90 Å². The first-order chi connectivity index (χ1) is 13.6. The number of nitrogens with zero attached hydrogens (tertiary/aromatic N) is 2. The highest BCUT2D eigenvalue weighted by molar-refractivity contribution is 6.07. The summed E-state index contributed by atoms with van der Waals surface area (Å²) in [7, 11) is 0. The molecule has 3 aromatic rings. The second-order valence-corrected chi connectivity index (χ2v) is 7.98. The summed E-state index contributed by atoms with van der Waals surface area (Å²) in [6.45, 7) is 5.59. The molecule has 28 heavy (non-hydrogen) atoms. The van der Waals surface area contributed by atoms with Gasteiger partial charge in [-0.3, -0.25) is 4.79 Å². The number of likely N-dealkylation sites (tertiary alicyclic amines) is 1. The van der Waals surface area contributed by atoms with Gasteiger partial charge in [0.05, 0.1) is 12.6 Å². The van der Waals surface area contributed by atoms with E-state index in [0.29, 0.717) is 19.0 Å². The van der Waals surface area contributed by atoms with Crippen LogP contribution in [0.5, 0.6) is 0 Å². The third-order valence-electron chi connectivity index (χ3n) is 5.89. The molecule has 2 N–H and O–H groups in total. The van der Waals surface area contributed by atoms with Crippen molar-refractivity contribution in [3.8, 4) is 0 Å². The van der Waals surface area contributed by atoms with Gasteiger partial charge in [-0.2, -0.15) is 0 Å². The lowest BCUT2D eigenvalue weighted by Crippen LogP contribution is -2.42. The molecule has 1 atom stereocenters. The molecule has 0 radical (unpaired) electrons. The van der Waals surface area contributed by atoms with Gasteiger partial charge in [-0.25, -0.2) is 0 Å². The van der Waals surface area contributed by atoms with Gasteiger partial charge in [0, 0.05) is 41.8 Å². The Kier molecular flexibility index (Phi) is 5.64. The number of aliphatic hydroxyl groups excluding tert-OH is 1. The predicted molar refractivity (Wildman–Crippen MR) is 113 cm³/mol. The monoisotopic (exact) mass is 379 g/mol. The third-order valence-corrected chi connectivity index (χ3v) is 5.89. The largest absolute Gasteiger partial charge is 0.390 e. The molecular weight excluding hydrogens is 350 g/mol. The van der Waals surface area contributed by atoms with Crippen LogP contribution in [0.15, 0.2) is 48.5 Å². The molecule has 5 nitrogen and oxygen atoms in total. The summed E-state index contributed by atoms with van der Waals surface area (Å²) in [5.74, 6) is 0.596. The van der Waals surface area contributed by atoms with Crippen molar-refractivity contribution in [3.05, 3.63) is 48.5 Å². The van der Waals surface area contributed by atoms with Gasteiger partial charge in [0.2, 0.25) is 5.91 Å². The zero-order valence-corrected chi connectivity index (χ0v) is 16.5. The number of benzene rings is 2. The molecule has 148 valence electrons. The lowest BCUT2D eigenvalue weighted by Gasteiger charge is -2.33. The number of nitrogens with one attached hydrogen (secondary N) is 1. The Morgan fingerprint density at radius 3 is 2.18 bits per heavy atom. The maximum Gasteiger partial charge on any atom is 0.216 e. The predicted octanol–water partition coefficient (Wildman–Crippen LogP) is 3.00. The van der Waals surface area contributed by atoms with Crippen molar-refractivity contribution in [1.82, 2.24) is 14.8 Å². The van der Waals surface area contributed by atoms with Crippen LogP contribution in [-0.4, -0.2) is 52.8 Å². The number of amides is 1. The molecule has 0 spiro atoms. The molecule has 1 fully saturated rings. The number of carbonyl (C=O) groups is 1. The SMILES string of the molecule is CC(=O)NCC1CCN(CC(O)Cn2c3ccccc3c3ccccc32)CC1. The van der Waals surface area contributed by atoms with E-state index in [2.05, 4.69) is 63.3 Å². The van der Waals surface area contributed by atoms with Gasteiger partial charge in [0.25, 0.3) is 0 Å². The fraction of sp³-hybridized carbons (Fsp3) is 0.435. The molecule has 1 aliphatic heterocycles. The Labute approximate surface area is 165 Å². The molecule has 0 bridgehead atoms. The Morgan fingerprint density at radius 2 is 1.61 bits per heavy atom.